The fraction of sp³-hybridized carbons (Fsp3) is 0.0909. The van der Waals surface area contributed by atoms with Gasteiger partial charge in [0.2, 0.25) is 0 Å². The van der Waals surface area contributed by atoms with Gasteiger partial charge in [0.1, 0.15) is 0 Å². The van der Waals surface area contributed by atoms with Crippen molar-refractivity contribution in [2.24, 2.45) is 0 Å². The van der Waals surface area contributed by atoms with Crippen LogP contribution in [0.25, 0.3) is 10.6 Å². The first-order chi connectivity index (χ1) is 6.92. The molecule has 0 saturated heterocycles. The minimum Gasteiger partial charge on any atom is -0.261 e. The summed E-state index contributed by atoms with van der Waals surface area (Å²) in [6.45, 7) is 3.74. The van der Waals surface area contributed by atoms with Crippen LogP contribution in [0.3, 0.4) is 0 Å². The van der Waals surface area contributed by atoms with Gasteiger partial charge in [-0.1, -0.05) is 6.08 Å². The maximum absolute atomic E-state index is 4.28. The summed E-state index contributed by atoms with van der Waals surface area (Å²) in [5, 5.41) is 2.07. The molecule has 2 aromatic rings. The van der Waals surface area contributed by atoms with E-state index in [4.69, 9.17) is 0 Å². The summed E-state index contributed by atoms with van der Waals surface area (Å²) in [4.78, 5) is 9.53. The molecular formula is C11H10N2S. The van der Waals surface area contributed by atoms with Crippen LogP contribution in [0.2, 0.25) is 0 Å². The molecule has 0 spiro atoms. The number of rotatable bonds is 3. The summed E-state index contributed by atoms with van der Waals surface area (Å²) < 4.78 is 0. The molecule has 0 radical (unpaired) electrons. The first-order valence-electron chi connectivity index (χ1n) is 4.35. The van der Waals surface area contributed by atoms with Gasteiger partial charge in [0, 0.05) is 12.4 Å². The fourth-order valence-electron chi connectivity index (χ4n) is 1.29. The third-order valence-corrected chi connectivity index (χ3v) is 2.89. The molecule has 0 aliphatic heterocycles. The maximum Gasteiger partial charge on any atom is 0.0987 e. The van der Waals surface area contributed by atoms with Gasteiger partial charge in [0.05, 0.1) is 16.8 Å². The van der Waals surface area contributed by atoms with Crippen LogP contribution in [-0.2, 0) is 6.42 Å². The van der Waals surface area contributed by atoms with Gasteiger partial charge < -0.3 is 0 Å². The molecule has 0 N–H and O–H groups in total. The maximum atomic E-state index is 4.28. The van der Waals surface area contributed by atoms with Gasteiger partial charge in [-0.05, 0) is 23.4 Å². The lowest BCUT2D eigenvalue weighted by atomic mass is 10.1. The zero-order chi connectivity index (χ0) is 9.80. The van der Waals surface area contributed by atoms with E-state index in [0.717, 1.165) is 12.1 Å². The lowest BCUT2D eigenvalue weighted by molar-refractivity contribution is 1.20. The molecule has 2 heterocycles. The predicted molar refractivity (Wildman–Crippen MR) is 59.2 cm³/mol. The van der Waals surface area contributed by atoms with Gasteiger partial charge in [-0.2, -0.15) is 0 Å². The van der Waals surface area contributed by atoms with Crippen LogP contribution >= 0.6 is 11.3 Å². The summed E-state index contributed by atoms with van der Waals surface area (Å²) in [5.41, 5.74) is 2.21. The van der Waals surface area contributed by atoms with Gasteiger partial charge >= 0.3 is 0 Å². The SMILES string of the molecule is C=CCc1ccsc1-c1cnccn1. The molecule has 2 rings (SSSR count). The monoisotopic (exact) mass is 202 g/mol. The van der Waals surface area contributed by atoms with Gasteiger partial charge in [0.25, 0.3) is 0 Å². The molecule has 0 bridgehead atoms. The third kappa shape index (κ3) is 1.72. The van der Waals surface area contributed by atoms with E-state index in [1.54, 1.807) is 29.9 Å². The number of nitrogens with zero attached hydrogens (tertiary/aromatic N) is 2. The van der Waals surface area contributed by atoms with Crippen molar-refractivity contribution in [3.8, 4) is 10.6 Å². The zero-order valence-electron chi connectivity index (χ0n) is 7.68. The molecule has 0 aromatic carbocycles. The van der Waals surface area contributed by atoms with Crippen molar-refractivity contribution in [3.05, 3.63) is 48.3 Å². The molecule has 0 atom stereocenters. The first kappa shape index (κ1) is 9.09. The number of hydrogen-bond donors (Lipinski definition) is 0. The highest BCUT2D eigenvalue weighted by atomic mass is 32.1. The molecule has 3 heteroatoms. The van der Waals surface area contributed by atoms with Crippen LogP contribution in [0.4, 0.5) is 0 Å². The lowest BCUT2D eigenvalue weighted by Gasteiger charge is -1.98. The summed E-state index contributed by atoms with van der Waals surface area (Å²) in [5.74, 6) is 0. The molecule has 0 saturated carbocycles. The average Bonchev–Trinajstić information content (AvgIpc) is 2.68. The Labute approximate surface area is 87.0 Å². The largest absolute Gasteiger partial charge is 0.261 e. The second kappa shape index (κ2) is 4.15. The van der Waals surface area contributed by atoms with Gasteiger partial charge in [-0.25, -0.2) is 0 Å². The molecule has 0 aliphatic carbocycles. The predicted octanol–water partition coefficient (Wildman–Crippen LogP) is 2.93. The van der Waals surface area contributed by atoms with E-state index >= 15 is 0 Å². The summed E-state index contributed by atoms with van der Waals surface area (Å²) in [6.07, 6.45) is 7.98. The van der Waals surface area contributed by atoms with Gasteiger partial charge in [0.15, 0.2) is 0 Å². The van der Waals surface area contributed by atoms with Crippen molar-refractivity contribution < 1.29 is 0 Å². The Bertz CT molecular complexity index is 420. The Morgan fingerprint density at radius 3 is 3.07 bits per heavy atom. The highest BCUT2D eigenvalue weighted by Crippen LogP contribution is 2.27. The first-order valence-corrected chi connectivity index (χ1v) is 5.23. The topological polar surface area (TPSA) is 25.8 Å². The molecule has 2 aromatic heterocycles. The van der Waals surface area contributed by atoms with E-state index in [1.807, 2.05) is 6.08 Å². The Hall–Kier alpha value is -1.48. The zero-order valence-corrected chi connectivity index (χ0v) is 8.50. The average molecular weight is 202 g/mol. The van der Waals surface area contributed by atoms with E-state index in [-0.39, 0.29) is 0 Å². The lowest BCUT2D eigenvalue weighted by Crippen LogP contribution is -1.85. The molecule has 0 amide bonds. The molecule has 70 valence electrons. The van der Waals surface area contributed by atoms with E-state index in [9.17, 15) is 0 Å². The standard InChI is InChI=1S/C11H10N2S/c1-2-3-9-4-7-14-11(9)10-8-12-5-6-13-10/h2,4-8H,1,3H2. The fourth-order valence-corrected chi connectivity index (χ4v) is 2.19. The van der Waals surface area contributed by atoms with Crippen LogP contribution in [0.5, 0.6) is 0 Å². The van der Waals surface area contributed by atoms with Crippen LogP contribution in [0.15, 0.2) is 42.7 Å². The van der Waals surface area contributed by atoms with Crippen LogP contribution in [0, 0.1) is 0 Å². The molecule has 0 fully saturated rings. The minimum absolute atomic E-state index is 0.884. The van der Waals surface area contributed by atoms with Crippen LogP contribution < -0.4 is 0 Å². The highest BCUT2D eigenvalue weighted by Gasteiger charge is 2.06. The van der Waals surface area contributed by atoms with Crippen molar-refractivity contribution in [3.63, 3.8) is 0 Å². The number of aromatic nitrogens is 2. The Morgan fingerprint density at radius 2 is 2.36 bits per heavy atom. The minimum atomic E-state index is 0.884. The normalized spacial score (nSPS) is 10.0. The number of allylic oxidation sites excluding steroid dienone is 1. The number of hydrogen-bond acceptors (Lipinski definition) is 3. The second-order valence-electron chi connectivity index (χ2n) is 2.86. The van der Waals surface area contributed by atoms with E-state index in [0.29, 0.717) is 0 Å². The Kier molecular flexibility index (Phi) is 2.70. The molecular weight excluding hydrogens is 192 g/mol. The van der Waals surface area contributed by atoms with Crippen molar-refractivity contribution in [2.45, 2.75) is 6.42 Å². The quantitative estimate of drug-likeness (QED) is 0.715. The van der Waals surface area contributed by atoms with Crippen molar-refractivity contribution in [1.82, 2.24) is 9.97 Å². The highest BCUT2D eigenvalue weighted by molar-refractivity contribution is 7.13. The smallest absolute Gasteiger partial charge is 0.0987 e. The van der Waals surface area contributed by atoms with E-state index < -0.39 is 0 Å². The molecule has 0 unspecified atom stereocenters. The Balaban J connectivity index is 2.41. The molecule has 0 aliphatic rings. The Morgan fingerprint density at radius 1 is 1.43 bits per heavy atom. The van der Waals surface area contributed by atoms with Crippen LogP contribution in [-0.4, -0.2) is 9.97 Å². The third-order valence-electron chi connectivity index (χ3n) is 1.91. The van der Waals surface area contributed by atoms with Gasteiger partial charge in [-0.15, -0.1) is 17.9 Å². The molecule has 14 heavy (non-hydrogen) atoms. The van der Waals surface area contributed by atoms with Gasteiger partial charge in [-0.3, -0.25) is 9.97 Å². The van der Waals surface area contributed by atoms with Crippen LogP contribution in [0.1, 0.15) is 5.56 Å². The molecule has 2 nitrogen and oxygen atoms in total. The van der Waals surface area contributed by atoms with E-state index in [2.05, 4.69) is 28.0 Å². The summed E-state index contributed by atoms with van der Waals surface area (Å²) in [7, 11) is 0. The van der Waals surface area contributed by atoms with Crippen molar-refractivity contribution in [1.29, 1.82) is 0 Å². The summed E-state index contributed by atoms with van der Waals surface area (Å²) >= 11 is 1.69. The van der Waals surface area contributed by atoms with E-state index in [1.165, 1.54) is 10.4 Å². The van der Waals surface area contributed by atoms with Crippen molar-refractivity contribution in [2.75, 3.05) is 0 Å². The number of thiophene rings is 1. The second-order valence-corrected chi connectivity index (χ2v) is 3.77. The van der Waals surface area contributed by atoms with Crippen molar-refractivity contribution >= 4 is 11.3 Å². The summed E-state index contributed by atoms with van der Waals surface area (Å²) in [6, 6.07) is 2.11.